The minimum absolute atomic E-state index is 0.200. The lowest BCUT2D eigenvalue weighted by atomic mass is 10.0. The van der Waals surface area contributed by atoms with Crippen LogP contribution in [0.1, 0.15) is 11.1 Å². The van der Waals surface area contributed by atoms with Gasteiger partial charge in [0.25, 0.3) is 5.91 Å². The average Bonchev–Trinajstić information content (AvgIpc) is 2.93. The van der Waals surface area contributed by atoms with Gasteiger partial charge in [-0.3, -0.25) is 9.59 Å². The SMILES string of the molecule is CNC(=O)C(Cc1ccccc1)N(Cc1cccc(OC)c1)C(=O)COc1cc(OC)cc(OC)c1. The molecule has 0 aliphatic heterocycles. The molecule has 8 nitrogen and oxygen atoms in total. The predicted molar refractivity (Wildman–Crippen MR) is 137 cm³/mol. The summed E-state index contributed by atoms with van der Waals surface area (Å²) in [5.41, 5.74) is 1.76. The first-order valence-corrected chi connectivity index (χ1v) is 11.5. The van der Waals surface area contributed by atoms with Gasteiger partial charge >= 0.3 is 0 Å². The number of nitrogens with one attached hydrogen (secondary N) is 1. The lowest BCUT2D eigenvalue weighted by Crippen LogP contribution is -2.51. The third kappa shape index (κ3) is 7.15. The van der Waals surface area contributed by atoms with Gasteiger partial charge in [-0.1, -0.05) is 42.5 Å². The number of benzene rings is 3. The number of rotatable bonds is 12. The van der Waals surface area contributed by atoms with E-state index < -0.39 is 6.04 Å². The van der Waals surface area contributed by atoms with Crippen molar-refractivity contribution in [1.82, 2.24) is 10.2 Å². The predicted octanol–water partition coefficient (Wildman–Crippen LogP) is 3.48. The second kappa shape index (κ2) is 13.0. The summed E-state index contributed by atoms with van der Waals surface area (Å²) in [5, 5.41) is 2.70. The van der Waals surface area contributed by atoms with Gasteiger partial charge < -0.3 is 29.2 Å². The van der Waals surface area contributed by atoms with E-state index in [0.717, 1.165) is 11.1 Å². The molecule has 3 aromatic carbocycles. The second-order valence-corrected chi connectivity index (χ2v) is 8.03. The molecule has 1 N–H and O–H groups in total. The second-order valence-electron chi connectivity index (χ2n) is 8.03. The first kappa shape index (κ1) is 26.4. The molecule has 0 radical (unpaired) electrons. The van der Waals surface area contributed by atoms with Crippen LogP contribution in [0.4, 0.5) is 0 Å². The van der Waals surface area contributed by atoms with Crippen molar-refractivity contribution in [2.75, 3.05) is 35.0 Å². The first-order chi connectivity index (χ1) is 17.5. The van der Waals surface area contributed by atoms with Crippen LogP contribution >= 0.6 is 0 Å². The van der Waals surface area contributed by atoms with Crippen LogP contribution in [0.3, 0.4) is 0 Å². The lowest BCUT2D eigenvalue weighted by Gasteiger charge is -2.31. The van der Waals surface area contributed by atoms with Gasteiger partial charge in [-0.15, -0.1) is 0 Å². The summed E-state index contributed by atoms with van der Waals surface area (Å²) in [5.74, 6) is 1.55. The Balaban J connectivity index is 1.90. The van der Waals surface area contributed by atoms with Crippen molar-refractivity contribution in [1.29, 1.82) is 0 Å². The Bertz CT molecular complexity index is 1130. The zero-order chi connectivity index (χ0) is 25.9. The number of hydrogen-bond acceptors (Lipinski definition) is 6. The maximum atomic E-state index is 13.6. The Morgan fingerprint density at radius 1 is 0.778 bits per heavy atom. The van der Waals surface area contributed by atoms with Crippen molar-refractivity contribution < 1.29 is 28.5 Å². The zero-order valence-electron chi connectivity index (χ0n) is 21.0. The molecule has 8 heteroatoms. The highest BCUT2D eigenvalue weighted by atomic mass is 16.5. The van der Waals surface area contributed by atoms with Crippen LogP contribution in [-0.4, -0.2) is 57.7 Å². The van der Waals surface area contributed by atoms with E-state index in [9.17, 15) is 9.59 Å². The van der Waals surface area contributed by atoms with Crippen molar-refractivity contribution in [2.45, 2.75) is 19.0 Å². The van der Waals surface area contributed by atoms with E-state index in [1.165, 1.54) is 19.1 Å². The molecule has 0 bridgehead atoms. The normalized spacial score (nSPS) is 11.2. The largest absolute Gasteiger partial charge is 0.497 e. The molecule has 3 rings (SSSR count). The zero-order valence-corrected chi connectivity index (χ0v) is 21.0. The lowest BCUT2D eigenvalue weighted by molar-refractivity contribution is -0.142. The highest BCUT2D eigenvalue weighted by Gasteiger charge is 2.30. The Labute approximate surface area is 211 Å². The van der Waals surface area contributed by atoms with Gasteiger partial charge in [0.05, 0.1) is 21.3 Å². The van der Waals surface area contributed by atoms with Gasteiger partial charge in [-0.2, -0.15) is 0 Å². The fourth-order valence-corrected chi connectivity index (χ4v) is 3.78. The number of carbonyl (C=O) groups is 2. The molecule has 0 saturated heterocycles. The Hall–Kier alpha value is -4.20. The van der Waals surface area contributed by atoms with Crippen LogP contribution in [-0.2, 0) is 22.6 Å². The quantitative estimate of drug-likeness (QED) is 0.417. The summed E-state index contributed by atoms with van der Waals surface area (Å²) in [6.45, 7) is -0.0751. The summed E-state index contributed by atoms with van der Waals surface area (Å²) in [7, 11) is 6.22. The van der Waals surface area contributed by atoms with E-state index in [1.54, 1.807) is 32.4 Å². The van der Waals surface area contributed by atoms with E-state index in [1.807, 2.05) is 54.6 Å². The molecule has 3 aromatic rings. The van der Waals surface area contributed by atoms with Gasteiger partial charge in [0, 0.05) is 38.2 Å². The number of ether oxygens (including phenoxy) is 4. The van der Waals surface area contributed by atoms with E-state index in [0.29, 0.717) is 29.4 Å². The van der Waals surface area contributed by atoms with Crippen LogP contribution in [0.25, 0.3) is 0 Å². The van der Waals surface area contributed by atoms with Gasteiger partial charge in [0.1, 0.15) is 29.0 Å². The van der Waals surface area contributed by atoms with Crippen LogP contribution in [0.2, 0.25) is 0 Å². The van der Waals surface area contributed by atoms with Crippen molar-refractivity contribution in [3.63, 3.8) is 0 Å². The highest BCUT2D eigenvalue weighted by Crippen LogP contribution is 2.27. The van der Waals surface area contributed by atoms with E-state index in [4.69, 9.17) is 18.9 Å². The molecule has 1 atom stereocenters. The van der Waals surface area contributed by atoms with Gasteiger partial charge in [-0.25, -0.2) is 0 Å². The monoisotopic (exact) mass is 492 g/mol. The van der Waals surface area contributed by atoms with Gasteiger partial charge in [0.15, 0.2) is 6.61 Å². The van der Waals surface area contributed by atoms with Crippen LogP contribution in [0, 0.1) is 0 Å². The number of amides is 2. The minimum atomic E-state index is -0.750. The van der Waals surface area contributed by atoms with Crippen LogP contribution in [0.5, 0.6) is 23.0 Å². The molecule has 1 unspecified atom stereocenters. The maximum Gasteiger partial charge on any atom is 0.261 e. The average molecular weight is 493 g/mol. The molecule has 36 heavy (non-hydrogen) atoms. The van der Waals surface area contributed by atoms with Crippen molar-refractivity contribution in [3.05, 3.63) is 83.9 Å². The van der Waals surface area contributed by atoms with E-state index in [2.05, 4.69) is 5.32 Å². The smallest absolute Gasteiger partial charge is 0.261 e. The molecule has 0 heterocycles. The highest BCUT2D eigenvalue weighted by molar-refractivity contribution is 5.88. The van der Waals surface area contributed by atoms with Crippen molar-refractivity contribution in [2.24, 2.45) is 0 Å². The fourth-order valence-electron chi connectivity index (χ4n) is 3.78. The molecule has 0 saturated carbocycles. The molecule has 0 aliphatic rings. The molecule has 0 spiro atoms. The Morgan fingerprint density at radius 2 is 1.39 bits per heavy atom. The van der Waals surface area contributed by atoms with E-state index >= 15 is 0 Å². The van der Waals surface area contributed by atoms with Gasteiger partial charge in [0.2, 0.25) is 5.91 Å². The van der Waals surface area contributed by atoms with Crippen LogP contribution in [0.15, 0.2) is 72.8 Å². The first-order valence-electron chi connectivity index (χ1n) is 11.5. The fraction of sp³-hybridized carbons (Fsp3) is 0.286. The molecule has 0 fully saturated rings. The molecule has 0 aliphatic carbocycles. The third-order valence-corrected chi connectivity index (χ3v) is 5.69. The number of carbonyl (C=O) groups excluding carboxylic acids is 2. The number of hydrogen-bond donors (Lipinski definition) is 1. The number of likely N-dealkylation sites (N-methyl/N-ethyl adjacent to an activating group) is 1. The summed E-state index contributed by atoms with van der Waals surface area (Å²) in [6, 6.07) is 21.3. The third-order valence-electron chi connectivity index (χ3n) is 5.69. The topological polar surface area (TPSA) is 86.3 Å². The van der Waals surface area contributed by atoms with Crippen molar-refractivity contribution in [3.8, 4) is 23.0 Å². The summed E-state index contributed by atoms with van der Waals surface area (Å²) < 4.78 is 21.7. The summed E-state index contributed by atoms with van der Waals surface area (Å²) >= 11 is 0. The molecule has 2 amide bonds. The summed E-state index contributed by atoms with van der Waals surface area (Å²) in [4.78, 5) is 28.1. The molecular weight excluding hydrogens is 460 g/mol. The standard InChI is InChI=1S/C28H32N2O6/c1-29-28(32)26(14-20-9-6-5-7-10-20)30(18-21-11-8-12-22(13-21)33-2)27(31)19-36-25-16-23(34-3)15-24(17-25)35-4/h5-13,15-17,26H,14,18-19H2,1-4H3,(H,29,32). The van der Waals surface area contributed by atoms with Crippen molar-refractivity contribution >= 4 is 11.8 Å². The Kier molecular flexibility index (Phi) is 9.56. The van der Waals surface area contributed by atoms with Crippen LogP contribution < -0.4 is 24.3 Å². The molecule has 0 aromatic heterocycles. The molecule has 190 valence electrons. The minimum Gasteiger partial charge on any atom is -0.497 e. The molecular formula is C28H32N2O6. The maximum absolute atomic E-state index is 13.6. The summed E-state index contributed by atoms with van der Waals surface area (Å²) in [6.07, 6.45) is 0.350. The number of nitrogens with zero attached hydrogens (tertiary/aromatic N) is 1. The van der Waals surface area contributed by atoms with Gasteiger partial charge in [-0.05, 0) is 23.3 Å². The Morgan fingerprint density at radius 3 is 2.00 bits per heavy atom. The number of methoxy groups -OCH3 is 3. The van der Waals surface area contributed by atoms with E-state index in [-0.39, 0.29) is 25.0 Å².